The molecule has 0 aromatic heterocycles. The van der Waals surface area contributed by atoms with E-state index < -0.39 is 11.5 Å². The topological polar surface area (TPSA) is 91.3 Å². The summed E-state index contributed by atoms with van der Waals surface area (Å²) in [4.78, 5) is 6.73. The highest BCUT2D eigenvalue weighted by molar-refractivity contribution is 7.79. The zero-order chi connectivity index (χ0) is 27.3. The van der Waals surface area contributed by atoms with Crippen LogP contribution in [0.15, 0.2) is 71.4 Å². The molecule has 0 amide bonds. The number of ether oxygens (including phenoxy) is 1. The molecule has 2 aromatic rings. The molecule has 3 rings (SSSR count). The molecule has 2 aromatic carbocycles. The van der Waals surface area contributed by atoms with E-state index in [9.17, 15) is 10.2 Å². The van der Waals surface area contributed by atoms with E-state index in [1.165, 1.54) is 11.8 Å². The number of hydrogen-bond acceptors (Lipinski definition) is 7. The molecule has 0 saturated heterocycles. The Morgan fingerprint density at radius 2 is 1.95 bits per heavy atom. The van der Waals surface area contributed by atoms with Crippen LogP contribution in [0.25, 0.3) is 5.57 Å². The van der Waals surface area contributed by atoms with Gasteiger partial charge in [-0.15, -0.1) is 0 Å². The van der Waals surface area contributed by atoms with Gasteiger partial charge in [0, 0.05) is 55.6 Å². The highest BCUT2D eigenvalue weighted by atomic mass is 32.1. The molecular weight excluding hydrogens is 492 g/mol. The van der Waals surface area contributed by atoms with Gasteiger partial charge < -0.3 is 20.7 Å². The minimum Gasteiger partial charge on any atom is -0.510 e. The normalized spacial score (nSPS) is 15.7. The third-order valence-corrected chi connectivity index (χ3v) is 6.07. The molecule has 1 aliphatic rings. The fourth-order valence-corrected chi connectivity index (χ4v) is 4.01. The van der Waals surface area contributed by atoms with Gasteiger partial charge in [0.2, 0.25) is 0 Å². The maximum Gasteiger partial charge on any atom is 0.122 e. The summed E-state index contributed by atoms with van der Waals surface area (Å²) >= 11 is 3.53. The molecular formula is C29H41B2N3O3S. The third-order valence-electron chi connectivity index (χ3n) is 6.07. The lowest BCUT2D eigenvalue weighted by atomic mass is 9.82. The minimum absolute atomic E-state index is 0. The van der Waals surface area contributed by atoms with Crippen LogP contribution in [-0.2, 0) is 13.0 Å². The van der Waals surface area contributed by atoms with Crippen LogP contribution >= 0.6 is 12.6 Å². The molecule has 4 radical (unpaired) electrons. The summed E-state index contributed by atoms with van der Waals surface area (Å²) in [5, 5.41) is 20.0. The van der Waals surface area contributed by atoms with E-state index in [0.29, 0.717) is 25.4 Å². The van der Waals surface area contributed by atoms with Gasteiger partial charge in [0.25, 0.3) is 0 Å². The van der Waals surface area contributed by atoms with E-state index >= 15 is 0 Å². The van der Waals surface area contributed by atoms with Gasteiger partial charge in [-0.05, 0) is 48.8 Å². The SMILES string of the molecule is C.CS.[B]C([B])Oc1cc(/C(C=NCCc2ccccc2)=C/N)ccc1CN1CCC=C([C@](C)(O)CO)C1. The van der Waals surface area contributed by atoms with Crippen molar-refractivity contribution in [3.63, 3.8) is 0 Å². The van der Waals surface area contributed by atoms with Crippen LogP contribution in [0, 0.1) is 0 Å². The van der Waals surface area contributed by atoms with Crippen LogP contribution in [0.4, 0.5) is 0 Å². The molecule has 9 heteroatoms. The lowest BCUT2D eigenvalue weighted by molar-refractivity contribution is 0.0247. The molecule has 1 aliphatic heterocycles. The summed E-state index contributed by atoms with van der Waals surface area (Å²) in [6.45, 7) is 3.90. The lowest BCUT2D eigenvalue weighted by Crippen LogP contribution is -2.40. The first kappa shape index (κ1) is 33.6. The highest BCUT2D eigenvalue weighted by Crippen LogP contribution is 2.28. The number of benzene rings is 2. The molecule has 1 atom stereocenters. The highest BCUT2D eigenvalue weighted by Gasteiger charge is 2.28. The van der Waals surface area contributed by atoms with Crippen molar-refractivity contribution in [2.24, 2.45) is 10.7 Å². The second kappa shape index (κ2) is 17.2. The molecule has 38 heavy (non-hydrogen) atoms. The summed E-state index contributed by atoms with van der Waals surface area (Å²) in [7, 11) is 11.5. The summed E-state index contributed by atoms with van der Waals surface area (Å²) < 4.78 is 5.73. The van der Waals surface area contributed by atoms with Gasteiger partial charge in [0.05, 0.1) is 6.61 Å². The Hall–Kier alpha value is -2.45. The molecule has 4 N–H and O–H groups in total. The van der Waals surface area contributed by atoms with Gasteiger partial charge in [-0.1, -0.05) is 56.0 Å². The van der Waals surface area contributed by atoms with Crippen LogP contribution < -0.4 is 10.5 Å². The van der Waals surface area contributed by atoms with E-state index in [1.54, 1.807) is 19.4 Å². The van der Waals surface area contributed by atoms with Crippen LogP contribution in [-0.4, -0.2) is 81.0 Å². The van der Waals surface area contributed by atoms with Crippen LogP contribution in [0.2, 0.25) is 0 Å². The third kappa shape index (κ3) is 10.4. The van der Waals surface area contributed by atoms with E-state index in [0.717, 1.165) is 41.7 Å². The van der Waals surface area contributed by atoms with Gasteiger partial charge in [0.1, 0.15) is 27.0 Å². The molecule has 0 fully saturated rings. The summed E-state index contributed by atoms with van der Waals surface area (Å²) in [6.07, 6.45) is 8.61. The zero-order valence-electron chi connectivity index (χ0n) is 21.8. The van der Waals surface area contributed by atoms with Crippen LogP contribution in [0.5, 0.6) is 5.75 Å². The van der Waals surface area contributed by atoms with Gasteiger partial charge in [0.15, 0.2) is 0 Å². The molecule has 1 heterocycles. The number of hydrogen-bond donors (Lipinski definition) is 4. The molecule has 0 unspecified atom stereocenters. The van der Waals surface area contributed by atoms with Gasteiger partial charge in [-0.2, -0.15) is 12.6 Å². The van der Waals surface area contributed by atoms with Crippen LogP contribution in [0.1, 0.15) is 37.5 Å². The summed E-state index contributed by atoms with van der Waals surface area (Å²) in [5.74, 6) is -0.402. The van der Waals surface area contributed by atoms with E-state index in [-0.39, 0.29) is 14.0 Å². The quantitative estimate of drug-likeness (QED) is 0.154. The smallest absolute Gasteiger partial charge is 0.122 e. The first-order valence-corrected chi connectivity index (χ1v) is 13.2. The molecule has 0 aliphatic carbocycles. The number of rotatable bonds is 11. The van der Waals surface area contributed by atoms with Crippen molar-refractivity contribution in [2.45, 2.75) is 45.2 Å². The van der Waals surface area contributed by atoms with Gasteiger partial charge in [-0.25, -0.2) is 0 Å². The predicted octanol–water partition coefficient (Wildman–Crippen LogP) is 3.36. The Morgan fingerprint density at radius 3 is 2.58 bits per heavy atom. The number of aliphatic hydroxyl groups is 2. The monoisotopic (exact) mass is 533 g/mol. The first-order valence-electron chi connectivity index (χ1n) is 12.3. The van der Waals surface area contributed by atoms with Crippen LogP contribution in [0.3, 0.4) is 0 Å². The number of aliphatic hydroxyl groups excluding tert-OH is 1. The molecule has 0 saturated carbocycles. The van der Waals surface area contributed by atoms with Crippen molar-refractivity contribution in [3.05, 3.63) is 83.1 Å². The fraction of sp³-hybridized carbons (Fsp3) is 0.414. The Morgan fingerprint density at radius 1 is 1.24 bits per heavy atom. The fourth-order valence-electron chi connectivity index (χ4n) is 4.01. The standard InChI is InChI=1S/C27H33B2N3O3.CH4S.CH4/c1-27(34,19-33)24-8-5-13-32(18-24)17-22-10-9-21(14-25(22)35-26(28)29)23(15-30)16-31-12-11-20-6-3-2-4-7-20;1-2;/h2-4,6-10,14-16,26,33-34H,5,11-13,17-19,30H2,1H3;2H,1H3;1H4/b23-15+,31-16?;;/t27-;;/m1../s1. The first-order chi connectivity index (χ1) is 17.8. The minimum atomic E-state index is -1.23. The van der Waals surface area contributed by atoms with Gasteiger partial charge >= 0.3 is 0 Å². The number of nitrogens with zero attached hydrogens (tertiary/aromatic N) is 2. The summed E-state index contributed by atoms with van der Waals surface area (Å²) in [5.41, 5.74) is 9.23. The van der Waals surface area contributed by atoms with Crippen molar-refractivity contribution < 1.29 is 14.9 Å². The second-order valence-corrected chi connectivity index (χ2v) is 8.96. The Labute approximate surface area is 236 Å². The molecule has 6 nitrogen and oxygen atoms in total. The van der Waals surface area contributed by atoms with Crippen molar-refractivity contribution in [3.8, 4) is 5.75 Å². The average molecular weight is 533 g/mol. The van der Waals surface area contributed by atoms with Crippen molar-refractivity contribution in [2.75, 3.05) is 32.5 Å². The maximum absolute atomic E-state index is 10.5. The van der Waals surface area contributed by atoms with E-state index in [4.69, 9.17) is 26.2 Å². The van der Waals surface area contributed by atoms with Crippen molar-refractivity contribution in [1.82, 2.24) is 4.90 Å². The Kier molecular flexibility index (Phi) is 15.2. The largest absolute Gasteiger partial charge is 0.510 e. The Bertz CT molecular complexity index is 1060. The number of thiol groups is 1. The second-order valence-electron chi connectivity index (χ2n) is 8.96. The molecule has 202 valence electrons. The average Bonchev–Trinajstić information content (AvgIpc) is 2.91. The molecule has 0 spiro atoms. The van der Waals surface area contributed by atoms with E-state index in [2.05, 4.69) is 34.7 Å². The number of nitrogens with two attached hydrogens (primary N) is 1. The van der Waals surface area contributed by atoms with Crippen molar-refractivity contribution >= 4 is 40.1 Å². The zero-order valence-corrected chi connectivity index (χ0v) is 22.6. The van der Waals surface area contributed by atoms with E-state index in [1.807, 2.05) is 42.5 Å². The van der Waals surface area contributed by atoms with Crippen molar-refractivity contribution in [1.29, 1.82) is 0 Å². The maximum atomic E-state index is 10.5. The molecule has 0 bridgehead atoms. The number of allylic oxidation sites excluding steroid dienone is 1. The van der Waals surface area contributed by atoms with Gasteiger partial charge in [-0.3, -0.25) is 9.89 Å². The number of aliphatic imine (C=N–C) groups is 1. The predicted molar refractivity (Wildman–Crippen MR) is 165 cm³/mol. The Balaban J connectivity index is 0.00000235. The summed E-state index contributed by atoms with van der Waals surface area (Å²) in [6, 6.07) is 16.0. The lowest BCUT2D eigenvalue weighted by Gasteiger charge is -2.34.